The van der Waals surface area contributed by atoms with Gasteiger partial charge < -0.3 is 14.6 Å². The molecule has 7 heteroatoms. The van der Waals surface area contributed by atoms with Gasteiger partial charge >= 0.3 is 0 Å². The molecule has 1 heterocycles. The lowest BCUT2D eigenvalue weighted by Crippen LogP contribution is -2.48. The highest BCUT2D eigenvalue weighted by Gasteiger charge is 2.35. The number of hydrogen-bond acceptors (Lipinski definition) is 6. The molecule has 2 aromatic rings. The molecule has 0 radical (unpaired) electrons. The van der Waals surface area contributed by atoms with E-state index in [0.717, 1.165) is 11.1 Å². The highest BCUT2D eigenvalue weighted by atomic mass is 32.2. The molecule has 146 valence electrons. The van der Waals surface area contributed by atoms with Crippen molar-refractivity contribution in [1.82, 2.24) is 0 Å². The van der Waals surface area contributed by atoms with Crippen molar-refractivity contribution in [2.24, 2.45) is 0 Å². The minimum absolute atomic E-state index is 0.0790. The predicted octanol–water partition coefficient (Wildman–Crippen LogP) is 2.44. The minimum Gasteiger partial charge on any atom is -0.388 e. The highest BCUT2D eigenvalue weighted by molar-refractivity contribution is 7.86. The van der Waals surface area contributed by atoms with E-state index in [9.17, 15) is 13.5 Å². The quantitative estimate of drug-likeness (QED) is 0.729. The smallest absolute Gasteiger partial charge is 0.297 e. The van der Waals surface area contributed by atoms with Crippen LogP contribution >= 0.6 is 0 Å². The Morgan fingerprint density at radius 1 is 1.11 bits per heavy atom. The first kappa shape index (κ1) is 20.0. The Balaban J connectivity index is 1.55. The third-order valence-electron chi connectivity index (χ3n) is 4.50. The summed E-state index contributed by atoms with van der Waals surface area (Å²) in [6.45, 7) is 2.36. The second-order valence-electron chi connectivity index (χ2n) is 6.58. The highest BCUT2D eigenvalue weighted by Crippen LogP contribution is 2.21. The Morgan fingerprint density at radius 2 is 1.81 bits per heavy atom. The molecule has 0 unspecified atom stereocenters. The molecule has 2 aromatic carbocycles. The second-order valence-corrected chi connectivity index (χ2v) is 8.19. The third kappa shape index (κ3) is 5.37. The lowest BCUT2D eigenvalue weighted by Gasteiger charge is -2.34. The second kappa shape index (κ2) is 8.95. The molecular formula is C20H24O6S. The summed E-state index contributed by atoms with van der Waals surface area (Å²) in [4.78, 5) is 0.0790. The van der Waals surface area contributed by atoms with E-state index in [4.69, 9.17) is 13.7 Å². The molecule has 6 nitrogen and oxygen atoms in total. The fraction of sp³-hybridized carbons (Fsp3) is 0.400. The first-order valence-corrected chi connectivity index (χ1v) is 10.3. The van der Waals surface area contributed by atoms with E-state index in [1.165, 1.54) is 12.1 Å². The summed E-state index contributed by atoms with van der Waals surface area (Å²) in [6, 6.07) is 16.1. The zero-order chi connectivity index (χ0) is 19.3. The van der Waals surface area contributed by atoms with Crippen LogP contribution in [-0.4, -0.2) is 45.0 Å². The number of aliphatic hydroxyl groups is 1. The molecule has 0 aliphatic carbocycles. The van der Waals surface area contributed by atoms with Gasteiger partial charge in [0.05, 0.1) is 24.2 Å². The number of benzene rings is 2. The van der Waals surface area contributed by atoms with Gasteiger partial charge in [0, 0.05) is 6.61 Å². The summed E-state index contributed by atoms with van der Waals surface area (Å²) in [5.41, 5.74) is 1.96. The van der Waals surface area contributed by atoms with Gasteiger partial charge in [-0.15, -0.1) is 0 Å². The Morgan fingerprint density at radius 3 is 2.52 bits per heavy atom. The van der Waals surface area contributed by atoms with Gasteiger partial charge in [0.15, 0.2) is 0 Å². The van der Waals surface area contributed by atoms with Crippen LogP contribution in [0.5, 0.6) is 0 Å². The summed E-state index contributed by atoms with van der Waals surface area (Å²) in [6.07, 6.45) is -1.63. The average molecular weight is 392 g/mol. The number of hydrogen-bond donors (Lipinski definition) is 1. The molecule has 3 rings (SSSR count). The van der Waals surface area contributed by atoms with Gasteiger partial charge in [-0.05, 0) is 31.0 Å². The van der Waals surface area contributed by atoms with Crippen molar-refractivity contribution in [1.29, 1.82) is 0 Å². The molecule has 3 atom stereocenters. The fourth-order valence-corrected chi connectivity index (χ4v) is 3.80. The molecule has 0 aromatic heterocycles. The van der Waals surface area contributed by atoms with Crippen LogP contribution in [0.25, 0.3) is 0 Å². The van der Waals surface area contributed by atoms with Crippen molar-refractivity contribution in [2.45, 2.75) is 43.2 Å². The SMILES string of the molecule is Cc1ccc(S(=O)(=O)OC[C@H]2OCC[C@@H](OCc3ccccc3)[C@@H]2O)cc1. The average Bonchev–Trinajstić information content (AvgIpc) is 2.67. The van der Waals surface area contributed by atoms with Gasteiger partial charge in [0.1, 0.15) is 12.2 Å². The first-order valence-electron chi connectivity index (χ1n) is 8.87. The van der Waals surface area contributed by atoms with Gasteiger partial charge in [0.25, 0.3) is 10.1 Å². The molecule has 0 saturated carbocycles. The van der Waals surface area contributed by atoms with Gasteiger partial charge in [0.2, 0.25) is 0 Å². The number of ether oxygens (including phenoxy) is 2. The van der Waals surface area contributed by atoms with E-state index >= 15 is 0 Å². The third-order valence-corrected chi connectivity index (χ3v) is 5.80. The molecule has 1 saturated heterocycles. The fourth-order valence-electron chi connectivity index (χ4n) is 2.88. The van der Waals surface area contributed by atoms with Crippen LogP contribution in [0.3, 0.4) is 0 Å². The van der Waals surface area contributed by atoms with Crippen LogP contribution in [0.15, 0.2) is 59.5 Å². The maximum absolute atomic E-state index is 12.3. The van der Waals surface area contributed by atoms with E-state index in [1.54, 1.807) is 12.1 Å². The Hall–Kier alpha value is -1.77. The summed E-state index contributed by atoms with van der Waals surface area (Å²) in [5, 5.41) is 10.5. The molecule has 1 N–H and O–H groups in total. The van der Waals surface area contributed by atoms with Crippen LogP contribution in [-0.2, 0) is 30.4 Å². The van der Waals surface area contributed by atoms with Crippen LogP contribution < -0.4 is 0 Å². The van der Waals surface area contributed by atoms with Crippen LogP contribution in [0.2, 0.25) is 0 Å². The monoisotopic (exact) mass is 392 g/mol. The molecule has 0 amide bonds. The van der Waals surface area contributed by atoms with Crippen molar-refractivity contribution in [3.8, 4) is 0 Å². The van der Waals surface area contributed by atoms with Crippen molar-refractivity contribution >= 4 is 10.1 Å². The molecule has 1 aliphatic heterocycles. The van der Waals surface area contributed by atoms with Crippen LogP contribution in [0.1, 0.15) is 17.5 Å². The normalized spacial score (nSPS) is 23.3. The summed E-state index contributed by atoms with van der Waals surface area (Å²) in [7, 11) is -3.90. The largest absolute Gasteiger partial charge is 0.388 e. The summed E-state index contributed by atoms with van der Waals surface area (Å²) < 4.78 is 41.0. The topological polar surface area (TPSA) is 82.1 Å². The van der Waals surface area contributed by atoms with Crippen molar-refractivity contribution in [3.05, 3.63) is 65.7 Å². The minimum atomic E-state index is -3.90. The molecule has 0 bridgehead atoms. The van der Waals surface area contributed by atoms with Gasteiger partial charge in [-0.25, -0.2) is 0 Å². The lowest BCUT2D eigenvalue weighted by molar-refractivity contribution is -0.165. The van der Waals surface area contributed by atoms with Gasteiger partial charge in [-0.2, -0.15) is 8.42 Å². The first-order chi connectivity index (χ1) is 13.0. The predicted molar refractivity (Wildman–Crippen MR) is 99.7 cm³/mol. The molecular weight excluding hydrogens is 368 g/mol. The summed E-state index contributed by atoms with van der Waals surface area (Å²) >= 11 is 0. The maximum atomic E-state index is 12.3. The Labute approximate surface area is 159 Å². The molecule has 27 heavy (non-hydrogen) atoms. The van der Waals surface area contributed by atoms with E-state index in [-0.39, 0.29) is 11.5 Å². The van der Waals surface area contributed by atoms with Crippen molar-refractivity contribution < 1.29 is 27.2 Å². The summed E-state index contributed by atoms with van der Waals surface area (Å²) in [5.74, 6) is 0. The number of aliphatic hydroxyl groups excluding tert-OH is 1. The van der Waals surface area contributed by atoms with Crippen LogP contribution in [0.4, 0.5) is 0 Å². The van der Waals surface area contributed by atoms with Crippen molar-refractivity contribution in [3.63, 3.8) is 0 Å². The number of rotatable bonds is 7. The Bertz CT molecular complexity index is 819. The zero-order valence-electron chi connectivity index (χ0n) is 15.2. The van der Waals surface area contributed by atoms with E-state index < -0.39 is 28.4 Å². The van der Waals surface area contributed by atoms with Crippen LogP contribution in [0, 0.1) is 6.92 Å². The maximum Gasteiger partial charge on any atom is 0.297 e. The number of aryl methyl sites for hydroxylation is 1. The van der Waals surface area contributed by atoms with E-state index in [2.05, 4.69) is 0 Å². The molecule has 0 spiro atoms. The van der Waals surface area contributed by atoms with E-state index in [0.29, 0.717) is 19.6 Å². The van der Waals surface area contributed by atoms with E-state index in [1.807, 2.05) is 37.3 Å². The standard InChI is InChI=1S/C20H24O6S/c1-15-7-9-17(10-8-15)27(22,23)26-14-19-20(21)18(11-12-24-19)25-13-16-5-3-2-4-6-16/h2-10,18-21H,11-14H2,1H3/t18-,19-,20+/m1/s1. The lowest BCUT2D eigenvalue weighted by atomic mass is 10.0. The van der Waals surface area contributed by atoms with Gasteiger partial charge in [-0.1, -0.05) is 48.0 Å². The zero-order valence-corrected chi connectivity index (χ0v) is 16.0. The Kier molecular flexibility index (Phi) is 6.62. The van der Waals surface area contributed by atoms with Crippen molar-refractivity contribution in [2.75, 3.05) is 13.2 Å². The molecule has 1 aliphatic rings. The molecule has 1 fully saturated rings. The van der Waals surface area contributed by atoms with Gasteiger partial charge in [-0.3, -0.25) is 4.18 Å².